The third kappa shape index (κ3) is 1.99. The lowest BCUT2D eigenvalue weighted by molar-refractivity contribution is 0.585. The van der Waals surface area contributed by atoms with Crippen molar-refractivity contribution >= 4 is 27.2 Å². The van der Waals surface area contributed by atoms with Crippen molar-refractivity contribution in [3.05, 3.63) is 40.5 Å². The molecule has 0 amide bonds. The molecule has 23 heavy (non-hydrogen) atoms. The Morgan fingerprint density at radius 1 is 1.30 bits per heavy atom. The van der Waals surface area contributed by atoms with Gasteiger partial charge in [0.1, 0.15) is 11.2 Å². The van der Waals surface area contributed by atoms with Crippen LogP contribution in [0.15, 0.2) is 18.6 Å². The first-order chi connectivity index (χ1) is 11.3. The van der Waals surface area contributed by atoms with Crippen molar-refractivity contribution in [2.24, 2.45) is 0 Å². The van der Waals surface area contributed by atoms with Gasteiger partial charge in [-0.2, -0.15) is 5.10 Å². The Kier molecular flexibility index (Phi) is 2.78. The fraction of sp³-hybridized carbons (Fsp3) is 0.375. The fourth-order valence-corrected chi connectivity index (χ4v) is 4.61. The van der Waals surface area contributed by atoms with Crippen LogP contribution in [0.5, 0.6) is 0 Å². The summed E-state index contributed by atoms with van der Waals surface area (Å²) in [4.78, 5) is 12.0. The zero-order valence-corrected chi connectivity index (χ0v) is 13.7. The quantitative estimate of drug-likeness (QED) is 0.581. The van der Waals surface area contributed by atoms with Crippen molar-refractivity contribution in [3.63, 3.8) is 0 Å². The molecular formula is C16H16N6S. The maximum Gasteiger partial charge on any atom is 0.167 e. The summed E-state index contributed by atoms with van der Waals surface area (Å²) in [6.45, 7) is 2.86. The highest BCUT2D eigenvalue weighted by molar-refractivity contribution is 7.19. The second kappa shape index (κ2) is 4.86. The molecule has 4 aromatic rings. The van der Waals surface area contributed by atoms with Gasteiger partial charge in [0.15, 0.2) is 11.5 Å². The van der Waals surface area contributed by atoms with E-state index in [1.54, 1.807) is 6.33 Å². The molecule has 0 N–H and O–H groups in total. The molecule has 7 heteroatoms. The highest BCUT2D eigenvalue weighted by Gasteiger charge is 2.21. The highest BCUT2D eigenvalue weighted by atomic mass is 32.1. The number of rotatable bonds is 3. The van der Waals surface area contributed by atoms with Gasteiger partial charge in [0.25, 0.3) is 0 Å². The third-order valence-corrected chi connectivity index (χ3v) is 5.76. The van der Waals surface area contributed by atoms with Gasteiger partial charge in [-0.3, -0.25) is 4.68 Å². The van der Waals surface area contributed by atoms with Crippen molar-refractivity contribution in [2.45, 2.75) is 39.2 Å². The Balaban J connectivity index is 1.56. The van der Waals surface area contributed by atoms with Gasteiger partial charge in [0.2, 0.25) is 0 Å². The van der Waals surface area contributed by atoms with Gasteiger partial charge < -0.3 is 0 Å². The number of aryl methyl sites for hydroxylation is 5. The molecule has 1 aliphatic rings. The molecule has 0 aliphatic heterocycles. The van der Waals surface area contributed by atoms with E-state index in [0.29, 0.717) is 0 Å². The van der Waals surface area contributed by atoms with E-state index in [4.69, 9.17) is 4.98 Å². The van der Waals surface area contributed by atoms with Gasteiger partial charge in [-0.15, -0.1) is 16.4 Å². The van der Waals surface area contributed by atoms with Crippen molar-refractivity contribution in [1.82, 2.24) is 29.4 Å². The predicted molar refractivity (Wildman–Crippen MR) is 88.9 cm³/mol. The van der Waals surface area contributed by atoms with Crippen molar-refractivity contribution < 1.29 is 0 Å². The number of hydrogen-bond acceptors (Lipinski definition) is 5. The maximum absolute atomic E-state index is 4.80. The second-order valence-electron chi connectivity index (χ2n) is 6.02. The number of fused-ring (bicyclic) bond motifs is 5. The van der Waals surface area contributed by atoms with E-state index in [1.165, 1.54) is 28.7 Å². The molecule has 0 radical (unpaired) electrons. The van der Waals surface area contributed by atoms with Gasteiger partial charge in [-0.1, -0.05) is 0 Å². The first kappa shape index (κ1) is 13.2. The zero-order valence-electron chi connectivity index (χ0n) is 12.9. The lowest BCUT2D eigenvalue weighted by Gasteiger charge is -2.00. The smallest absolute Gasteiger partial charge is 0.167 e. The van der Waals surface area contributed by atoms with E-state index in [1.807, 2.05) is 32.8 Å². The largest absolute Gasteiger partial charge is 0.269 e. The monoisotopic (exact) mass is 324 g/mol. The van der Waals surface area contributed by atoms with E-state index >= 15 is 0 Å². The molecule has 6 nitrogen and oxygen atoms in total. The Morgan fingerprint density at radius 3 is 3.13 bits per heavy atom. The van der Waals surface area contributed by atoms with Gasteiger partial charge in [-0.25, -0.2) is 14.5 Å². The molecule has 0 atom stereocenters. The molecule has 4 aromatic heterocycles. The lowest BCUT2D eigenvalue weighted by Crippen LogP contribution is -2.05. The molecule has 0 saturated carbocycles. The summed E-state index contributed by atoms with van der Waals surface area (Å²) < 4.78 is 3.82. The Morgan fingerprint density at radius 2 is 2.26 bits per heavy atom. The average molecular weight is 324 g/mol. The highest BCUT2D eigenvalue weighted by Crippen LogP contribution is 2.37. The molecule has 0 bridgehead atoms. The van der Waals surface area contributed by atoms with Crippen LogP contribution in [0.1, 0.15) is 28.4 Å². The summed E-state index contributed by atoms with van der Waals surface area (Å²) in [6.07, 6.45) is 7.97. The van der Waals surface area contributed by atoms with Crippen LogP contribution in [0, 0.1) is 6.92 Å². The lowest BCUT2D eigenvalue weighted by atomic mass is 10.2. The number of nitrogens with zero attached hydrogens (tertiary/aromatic N) is 6. The molecular weight excluding hydrogens is 308 g/mol. The van der Waals surface area contributed by atoms with Crippen LogP contribution in [0.25, 0.3) is 15.9 Å². The van der Waals surface area contributed by atoms with Crippen LogP contribution in [-0.4, -0.2) is 29.4 Å². The van der Waals surface area contributed by atoms with Gasteiger partial charge in [0, 0.05) is 29.7 Å². The fourth-order valence-electron chi connectivity index (χ4n) is 3.38. The van der Waals surface area contributed by atoms with Crippen LogP contribution < -0.4 is 0 Å². The standard InChI is InChI=1S/C16H16N6S/c1-10-5-7-18-21(10)8-6-13-19-15-14-11-3-2-4-12(11)23-16(14)17-9-22(15)20-13/h5,7,9H,2-4,6,8H2,1H3. The van der Waals surface area contributed by atoms with E-state index in [-0.39, 0.29) is 0 Å². The Bertz CT molecular complexity index is 1020. The molecule has 0 unspecified atom stereocenters. The van der Waals surface area contributed by atoms with Crippen molar-refractivity contribution in [3.8, 4) is 0 Å². The predicted octanol–water partition coefficient (Wildman–Crippen LogP) is 2.58. The van der Waals surface area contributed by atoms with E-state index < -0.39 is 0 Å². The van der Waals surface area contributed by atoms with Crippen molar-refractivity contribution in [2.75, 3.05) is 0 Å². The molecule has 0 spiro atoms. The number of thiophene rings is 1. The summed E-state index contributed by atoms with van der Waals surface area (Å²) in [5.74, 6) is 0.854. The molecule has 1 aliphatic carbocycles. The van der Waals surface area contributed by atoms with E-state index in [9.17, 15) is 0 Å². The third-order valence-electron chi connectivity index (χ3n) is 4.56. The van der Waals surface area contributed by atoms with Gasteiger partial charge in [-0.05, 0) is 37.8 Å². The van der Waals surface area contributed by atoms with Gasteiger partial charge in [0.05, 0.1) is 5.39 Å². The summed E-state index contributed by atoms with van der Waals surface area (Å²) in [5.41, 5.74) is 3.57. The minimum Gasteiger partial charge on any atom is -0.269 e. The van der Waals surface area contributed by atoms with Crippen LogP contribution in [-0.2, 0) is 25.8 Å². The normalized spacial score (nSPS) is 14.1. The van der Waals surface area contributed by atoms with Crippen LogP contribution in [0.3, 0.4) is 0 Å². The average Bonchev–Trinajstić information content (AvgIpc) is 3.26. The molecule has 0 saturated heterocycles. The summed E-state index contributed by atoms with van der Waals surface area (Å²) in [7, 11) is 0. The maximum atomic E-state index is 4.80. The second-order valence-corrected chi connectivity index (χ2v) is 7.11. The first-order valence-corrected chi connectivity index (χ1v) is 8.74. The number of aromatic nitrogens is 6. The molecule has 4 heterocycles. The van der Waals surface area contributed by atoms with Crippen LogP contribution in [0.2, 0.25) is 0 Å². The van der Waals surface area contributed by atoms with Crippen LogP contribution in [0.4, 0.5) is 0 Å². The Labute approximate surface area is 136 Å². The molecule has 0 aromatic carbocycles. The summed E-state index contributed by atoms with van der Waals surface area (Å²) in [6, 6.07) is 2.01. The van der Waals surface area contributed by atoms with E-state index in [2.05, 4.69) is 22.1 Å². The topological polar surface area (TPSA) is 60.9 Å². The minimum atomic E-state index is 0.776. The number of hydrogen-bond donors (Lipinski definition) is 0. The van der Waals surface area contributed by atoms with Crippen molar-refractivity contribution in [1.29, 1.82) is 0 Å². The molecule has 116 valence electrons. The molecule has 0 fully saturated rings. The SMILES string of the molecule is Cc1ccnn1CCc1nc2c3c4c(sc3ncn2n1)CCC4. The van der Waals surface area contributed by atoms with Crippen LogP contribution >= 0.6 is 11.3 Å². The summed E-state index contributed by atoms with van der Waals surface area (Å²) >= 11 is 1.82. The Hall–Kier alpha value is -2.28. The summed E-state index contributed by atoms with van der Waals surface area (Å²) in [5, 5.41) is 10.1. The molecule has 5 rings (SSSR count). The van der Waals surface area contributed by atoms with E-state index in [0.717, 1.165) is 41.4 Å². The van der Waals surface area contributed by atoms with Gasteiger partial charge >= 0.3 is 0 Å². The first-order valence-electron chi connectivity index (χ1n) is 7.92. The minimum absolute atomic E-state index is 0.776. The zero-order chi connectivity index (χ0) is 15.4.